The van der Waals surface area contributed by atoms with Crippen LogP contribution in [0.5, 0.6) is 23.0 Å². The second-order valence-corrected chi connectivity index (χ2v) is 11.9. The number of likely N-dealkylation sites (tertiary alicyclic amines) is 2. The highest BCUT2D eigenvalue weighted by molar-refractivity contribution is 5.88. The van der Waals surface area contributed by atoms with Crippen LogP contribution < -0.4 is 18.9 Å². The Morgan fingerprint density at radius 3 is 2.00 bits per heavy atom. The minimum absolute atomic E-state index is 0.0249. The number of hydrogen-bond donors (Lipinski definition) is 0. The second kappa shape index (κ2) is 11.7. The van der Waals surface area contributed by atoms with Crippen molar-refractivity contribution in [2.75, 3.05) is 39.8 Å². The Morgan fingerprint density at radius 2 is 1.29 bits per heavy atom. The Bertz CT molecular complexity index is 1390. The lowest BCUT2D eigenvalue weighted by Crippen LogP contribution is -2.53. The van der Waals surface area contributed by atoms with Gasteiger partial charge < -0.3 is 28.7 Å². The van der Waals surface area contributed by atoms with Gasteiger partial charge in [0.25, 0.3) is 0 Å². The molecule has 0 bridgehead atoms. The maximum absolute atomic E-state index is 14.2. The smallest absolute Gasteiger partial charge is 0.246 e. The summed E-state index contributed by atoms with van der Waals surface area (Å²) in [5.41, 5.74) is 2.03. The van der Waals surface area contributed by atoms with Crippen LogP contribution >= 0.6 is 0 Å². The van der Waals surface area contributed by atoms with Crippen LogP contribution in [0.1, 0.15) is 55.6 Å². The molecule has 3 fully saturated rings. The summed E-state index contributed by atoms with van der Waals surface area (Å²) >= 11 is 0. The molecule has 2 saturated heterocycles. The molecule has 0 aromatic heterocycles. The van der Waals surface area contributed by atoms with Crippen molar-refractivity contribution in [3.05, 3.63) is 65.8 Å². The number of carbonyl (C=O) groups excluding carboxylic acids is 2. The number of amides is 2. The van der Waals surface area contributed by atoms with Gasteiger partial charge in [0.05, 0.1) is 5.92 Å². The van der Waals surface area contributed by atoms with E-state index in [-0.39, 0.29) is 49.1 Å². The van der Waals surface area contributed by atoms with Gasteiger partial charge in [-0.15, -0.1) is 0 Å². The third-order valence-corrected chi connectivity index (χ3v) is 9.43. The molecule has 0 spiro atoms. The van der Waals surface area contributed by atoms with Crippen molar-refractivity contribution in [1.29, 1.82) is 0 Å². The molecule has 1 aliphatic carbocycles. The maximum atomic E-state index is 14.2. The van der Waals surface area contributed by atoms with Gasteiger partial charge in [0.15, 0.2) is 23.0 Å². The van der Waals surface area contributed by atoms with Crippen LogP contribution in [0.3, 0.4) is 0 Å². The van der Waals surface area contributed by atoms with Crippen LogP contribution in [0.2, 0.25) is 0 Å². The van der Waals surface area contributed by atoms with Crippen LogP contribution in [-0.4, -0.2) is 61.4 Å². The second-order valence-electron chi connectivity index (χ2n) is 11.9. The highest BCUT2D eigenvalue weighted by Crippen LogP contribution is 2.56. The predicted molar refractivity (Wildman–Crippen MR) is 157 cm³/mol. The first kappa shape index (κ1) is 26.9. The third-order valence-electron chi connectivity index (χ3n) is 9.43. The SMILES string of the molecule is O=C(/C=C\C1C(/C=C/c2ccc3c(c2)OCO3)C(C(=O)N2CCCCC2)C1c1ccc2c(c1)OCO2)N1CCCCC1. The Morgan fingerprint density at radius 1 is 0.667 bits per heavy atom. The summed E-state index contributed by atoms with van der Waals surface area (Å²) in [6, 6.07) is 11.9. The molecule has 4 heterocycles. The fourth-order valence-corrected chi connectivity index (χ4v) is 7.15. The van der Waals surface area contributed by atoms with Gasteiger partial charge in [0.1, 0.15) is 0 Å². The van der Waals surface area contributed by atoms with E-state index < -0.39 is 0 Å². The zero-order valence-electron chi connectivity index (χ0n) is 23.9. The summed E-state index contributed by atoms with van der Waals surface area (Å²) in [5.74, 6) is 2.76. The molecule has 8 nitrogen and oxygen atoms in total. The Hall–Kier alpha value is -3.94. The lowest BCUT2D eigenvalue weighted by Gasteiger charge is -2.51. The van der Waals surface area contributed by atoms with Crippen LogP contribution in [0, 0.1) is 17.8 Å². The number of allylic oxidation sites excluding steroid dienone is 2. The van der Waals surface area contributed by atoms with E-state index in [1.165, 1.54) is 6.42 Å². The molecule has 0 N–H and O–H groups in total. The standard InChI is InChI=1S/C34H38N2O6/c37-31(35-15-3-1-4-16-35)14-11-25-26(10-7-23-8-12-27-29(19-23)41-21-39-27)33(34(38)36-17-5-2-6-18-36)32(25)24-9-13-28-30(20-24)42-22-40-28/h7-14,19-20,25-26,32-33H,1-6,15-18,21-22H2/b10-7+,14-11-. The molecule has 4 unspecified atom stereocenters. The molecular formula is C34H38N2O6. The van der Waals surface area contributed by atoms with Gasteiger partial charge in [-0.05, 0) is 91.8 Å². The number of fused-ring (bicyclic) bond motifs is 2. The average Bonchev–Trinajstić information content (AvgIpc) is 3.70. The predicted octanol–water partition coefficient (Wildman–Crippen LogP) is 5.38. The largest absolute Gasteiger partial charge is 0.454 e. The number of nitrogens with zero attached hydrogens (tertiary/aromatic N) is 2. The van der Waals surface area contributed by atoms with Gasteiger partial charge in [-0.25, -0.2) is 0 Å². The van der Waals surface area contributed by atoms with E-state index in [4.69, 9.17) is 18.9 Å². The molecule has 8 heteroatoms. The van der Waals surface area contributed by atoms with Crippen molar-refractivity contribution in [2.24, 2.45) is 17.8 Å². The average molecular weight is 571 g/mol. The molecule has 7 rings (SSSR count). The fraction of sp³-hybridized carbons (Fsp3) is 0.471. The molecule has 2 amide bonds. The van der Waals surface area contributed by atoms with E-state index in [0.717, 1.165) is 86.7 Å². The van der Waals surface area contributed by atoms with Crippen molar-refractivity contribution in [1.82, 2.24) is 9.80 Å². The number of rotatable bonds is 6. The third kappa shape index (κ3) is 5.23. The number of ether oxygens (including phenoxy) is 4. The normalized spacial score (nSPS) is 26.6. The first-order chi connectivity index (χ1) is 20.7. The molecule has 4 atom stereocenters. The molecule has 42 heavy (non-hydrogen) atoms. The summed E-state index contributed by atoms with van der Waals surface area (Å²) in [7, 11) is 0. The molecule has 4 aliphatic heterocycles. The summed E-state index contributed by atoms with van der Waals surface area (Å²) in [6.07, 6.45) is 14.6. The molecule has 0 radical (unpaired) electrons. The fourth-order valence-electron chi connectivity index (χ4n) is 7.15. The van der Waals surface area contributed by atoms with Gasteiger partial charge in [0, 0.05) is 32.1 Å². The van der Waals surface area contributed by atoms with Crippen molar-refractivity contribution < 1.29 is 28.5 Å². The molecule has 2 aromatic rings. The zero-order valence-corrected chi connectivity index (χ0v) is 23.9. The quantitative estimate of drug-likeness (QED) is 0.434. The van der Waals surface area contributed by atoms with Crippen LogP contribution in [0.25, 0.3) is 6.08 Å². The van der Waals surface area contributed by atoms with Gasteiger partial charge in [-0.3, -0.25) is 9.59 Å². The highest BCUT2D eigenvalue weighted by Gasteiger charge is 2.53. The number of piperidine rings is 2. The van der Waals surface area contributed by atoms with E-state index in [1.54, 1.807) is 6.08 Å². The summed E-state index contributed by atoms with van der Waals surface area (Å²) in [6.45, 7) is 3.65. The minimum atomic E-state index is -0.242. The molecule has 1 saturated carbocycles. The van der Waals surface area contributed by atoms with E-state index in [1.807, 2.05) is 40.1 Å². The van der Waals surface area contributed by atoms with Gasteiger partial charge in [0.2, 0.25) is 25.4 Å². The minimum Gasteiger partial charge on any atom is -0.454 e. The van der Waals surface area contributed by atoms with E-state index in [0.29, 0.717) is 5.75 Å². The summed E-state index contributed by atoms with van der Waals surface area (Å²) in [5, 5.41) is 0. The maximum Gasteiger partial charge on any atom is 0.246 e. The summed E-state index contributed by atoms with van der Waals surface area (Å²) in [4.78, 5) is 31.4. The van der Waals surface area contributed by atoms with Crippen molar-refractivity contribution in [3.63, 3.8) is 0 Å². The van der Waals surface area contributed by atoms with Crippen molar-refractivity contribution in [3.8, 4) is 23.0 Å². The van der Waals surface area contributed by atoms with Gasteiger partial charge in [-0.2, -0.15) is 0 Å². The lowest BCUT2D eigenvalue weighted by atomic mass is 9.53. The monoisotopic (exact) mass is 570 g/mol. The van der Waals surface area contributed by atoms with Crippen LogP contribution in [0.4, 0.5) is 0 Å². The highest BCUT2D eigenvalue weighted by atomic mass is 16.7. The summed E-state index contributed by atoms with van der Waals surface area (Å²) < 4.78 is 22.4. The topological polar surface area (TPSA) is 77.5 Å². The van der Waals surface area contributed by atoms with Gasteiger partial charge in [-0.1, -0.05) is 30.4 Å². The first-order valence-electron chi connectivity index (χ1n) is 15.4. The number of benzene rings is 2. The number of hydrogen-bond acceptors (Lipinski definition) is 6. The van der Waals surface area contributed by atoms with Gasteiger partial charge >= 0.3 is 0 Å². The van der Waals surface area contributed by atoms with Crippen molar-refractivity contribution >= 4 is 17.9 Å². The van der Waals surface area contributed by atoms with Crippen molar-refractivity contribution in [2.45, 2.75) is 44.4 Å². The van der Waals surface area contributed by atoms with Crippen LogP contribution in [-0.2, 0) is 9.59 Å². The van der Waals surface area contributed by atoms with E-state index in [9.17, 15) is 9.59 Å². The Kier molecular flexibility index (Phi) is 7.53. The Balaban J connectivity index is 1.23. The first-order valence-corrected chi connectivity index (χ1v) is 15.4. The van der Waals surface area contributed by atoms with E-state index in [2.05, 4.69) is 24.3 Å². The van der Waals surface area contributed by atoms with Crippen LogP contribution in [0.15, 0.2) is 54.6 Å². The molecular weight excluding hydrogens is 532 g/mol. The molecule has 220 valence electrons. The lowest BCUT2D eigenvalue weighted by molar-refractivity contribution is -0.144. The number of carbonyl (C=O) groups is 2. The zero-order chi connectivity index (χ0) is 28.5. The Labute approximate surface area is 246 Å². The molecule has 2 aromatic carbocycles. The van der Waals surface area contributed by atoms with E-state index >= 15 is 0 Å². The molecule has 5 aliphatic rings.